The Kier molecular flexibility index (Phi) is 7.20. The average Bonchev–Trinajstić information content (AvgIpc) is 3.29. The van der Waals surface area contributed by atoms with Crippen molar-refractivity contribution in [1.82, 2.24) is 0 Å². The van der Waals surface area contributed by atoms with E-state index in [0.717, 1.165) is 30.3 Å². The van der Waals surface area contributed by atoms with Gasteiger partial charge in [-0.2, -0.15) is 0 Å². The van der Waals surface area contributed by atoms with Gasteiger partial charge in [0.1, 0.15) is 24.5 Å². The van der Waals surface area contributed by atoms with Crippen LogP contribution in [0.25, 0.3) is 6.08 Å². The predicted octanol–water partition coefficient (Wildman–Crippen LogP) is 2.94. The van der Waals surface area contributed by atoms with E-state index in [4.69, 9.17) is 9.47 Å². The van der Waals surface area contributed by atoms with Crippen LogP contribution >= 0.6 is 0 Å². The molecule has 0 aromatic heterocycles. The number of esters is 1. The highest BCUT2D eigenvalue weighted by molar-refractivity contribution is 5.90. The van der Waals surface area contributed by atoms with Crippen molar-refractivity contribution in [3.05, 3.63) is 76.9 Å². The van der Waals surface area contributed by atoms with Crippen LogP contribution in [0, 0.1) is 0 Å². The van der Waals surface area contributed by atoms with Crippen LogP contribution in [-0.4, -0.2) is 60.3 Å². The second kappa shape index (κ2) is 10.5. The molecule has 12 heteroatoms. The second-order valence-electron chi connectivity index (χ2n) is 8.62. The Morgan fingerprint density at radius 3 is 2.10 bits per heavy atom. The molecule has 202 valence electrons. The third kappa shape index (κ3) is 5.34. The molecule has 3 unspecified atom stereocenters. The van der Waals surface area contributed by atoms with Gasteiger partial charge in [0.05, 0.1) is 0 Å². The van der Waals surface area contributed by atoms with E-state index in [1.54, 1.807) is 0 Å². The van der Waals surface area contributed by atoms with Crippen molar-refractivity contribution in [3.63, 3.8) is 0 Å². The summed E-state index contributed by atoms with van der Waals surface area (Å²) in [5.74, 6) is -8.75. The zero-order chi connectivity index (χ0) is 28.4. The van der Waals surface area contributed by atoms with E-state index in [0.29, 0.717) is 0 Å². The van der Waals surface area contributed by atoms with E-state index in [2.05, 4.69) is 0 Å². The molecule has 39 heavy (non-hydrogen) atoms. The number of hydrogen-bond acceptors (Lipinski definition) is 10. The molecule has 1 aliphatic rings. The Labute approximate surface area is 219 Å². The molecule has 0 fully saturated rings. The molecule has 12 nitrogen and oxygen atoms in total. The lowest BCUT2D eigenvalue weighted by Gasteiger charge is -2.17. The molecule has 0 bridgehead atoms. The van der Waals surface area contributed by atoms with Gasteiger partial charge in [0.15, 0.2) is 34.5 Å². The largest absolute Gasteiger partial charge is 0.504 e. The molecular weight excluding hydrogens is 516 g/mol. The molecule has 0 radical (unpaired) electrons. The molecule has 0 saturated carbocycles. The summed E-state index contributed by atoms with van der Waals surface area (Å²) in [5, 5.41) is 68.3. The maximum absolute atomic E-state index is 12.4. The summed E-state index contributed by atoms with van der Waals surface area (Å²) in [4.78, 5) is 36.3. The Morgan fingerprint density at radius 2 is 1.49 bits per heavy atom. The summed E-state index contributed by atoms with van der Waals surface area (Å²) in [7, 11) is 0. The van der Waals surface area contributed by atoms with Crippen LogP contribution in [0.3, 0.4) is 0 Å². The Hall–Kier alpha value is -5.39. The van der Waals surface area contributed by atoms with Gasteiger partial charge in [-0.1, -0.05) is 18.2 Å². The number of fused-ring (bicyclic) bond motifs is 1. The summed E-state index contributed by atoms with van der Waals surface area (Å²) >= 11 is 0. The number of carbonyl (C=O) groups is 3. The van der Waals surface area contributed by atoms with E-state index in [1.807, 2.05) is 0 Å². The number of hydrogen-bond donors (Lipinski definition) is 7. The lowest BCUT2D eigenvalue weighted by molar-refractivity contribution is -0.145. The molecule has 1 aliphatic heterocycles. The summed E-state index contributed by atoms with van der Waals surface area (Å²) in [5.41, 5.74) is 0.532. The van der Waals surface area contributed by atoms with Gasteiger partial charge in [0.2, 0.25) is 0 Å². The van der Waals surface area contributed by atoms with Crippen LogP contribution in [0.2, 0.25) is 0 Å². The highest BCUT2D eigenvalue weighted by atomic mass is 16.5. The maximum atomic E-state index is 12.4. The van der Waals surface area contributed by atoms with Crippen molar-refractivity contribution in [2.24, 2.45) is 0 Å². The molecule has 7 N–H and O–H groups in total. The minimum absolute atomic E-state index is 0.0482. The number of benzene rings is 3. The fraction of sp³-hybridized carbons (Fsp3) is 0.148. The molecule has 1 heterocycles. The number of carboxylic acid groups (broad SMARTS) is 2. The minimum atomic E-state index is -1.37. The van der Waals surface area contributed by atoms with Gasteiger partial charge in [-0.15, -0.1) is 0 Å². The first kappa shape index (κ1) is 26.7. The minimum Gasteiger partial charge on any atom is -0.504 e. The average molecular weight is 538 g/mol. The standard InChI is InChI=1S/C27H22O12/c28-16-5-2-13(9-19(16)31)15(26(34)35)11-38-21(33)8-4-12-1-7-18(30)25-22(12)23(27(36)37)24(39-25)14-3-6-17(29)20(32)10-14/h1-10,15,23-24,28-32H,11H2,(H,34,35)(H,36,37). The van der Waals surface area contributed by atoms with E-state index < -0.39 is 65.5 Å². The van der Waals surface area contributed by atoms with Crippen LogP contribution in [0.5, 0.6) is 34.5 Å². The number of ether oxygens (including phenoxy) is 2. The molecular formula is C27H22O12. The fourth-order valence-electron chi connectivity index (χ4n) is 4.21. The summed E-state index contributed by atoms with van der Waals surface area (Å²) < 4.78 is 10.8. The van der Waals surface area contributed by atoms with E-state index >= 15 is 0 Å². The first-order valence-corrected chi connectivity index (χ1v) is 11.3. The summed E-state index contributed by atoms with van der Waals surface area (Å²) in [6, 6.07) is 9.64. The molecule has 0 amide bonds. The fourth-order valence-corrected chi connectivity index (χ4v) is 4.21. The van der Waals surface area contributed by atoms with Gasteiger partial charge in [0, 0.05) is 11.6 Å². The number of phenolic OH excluding ortho intramolecular Hbond substituents is 5. The molecule has 3 aromatic rings. The second-order valence-corrected chi connectivity index (χ2v) is 8.62. The monoisotopic (exact) mass is 538 g/mol. The lowest BCUT2D eigenvalue weighted by atomic mass is 9.88. The number of rotatable bonds is 8. The number of carboxylic acids is 2. The molecule has 0 spiro atoms. The van der Waals surface area contributed by atoms with Gasteiger partial charge < -0.3 is 45.2 Å². The van der Waals surface area contributed by atoms with Gasteiger partial charge >= 0.3 is 17.9 Å². The lowest BCUT2D eigenvalue weighted by Crippen LogP contribution is -2.19. The van der Waals surface area contributed by atoms with Crippen molar-refractivity contribution in [3.8, 4) is 34.5 Å². The van der Waals surface area contributed by atoms with Crippen molar-refractivity contribution >= 4 is 24.0 Å². The van der Waals surface area contributed by atoms with Crippen LogP contribution in [0.1, 0.15) is 40.2 Å². The summed E-state index contributed by atoms with van der Waals surface area (Å²) in [6.07, 6.45) is 0.978. The number of phenols is 5. The third-order valence-corrected chi connectivity index (χ3v) is 6.15. The first-order valence-electron chi connectivity index (χ1n) is 11.3. The number of aromatic hydroxyl groups is 5. The van der Waals surface area contributed by atoms with Gasteiger partial charge in [-0.25, -0.2) is 4.79 Å². The Balaban J connectivity index is 1.57. The van der Waals surface area contributed by atoms with Crippen LogP contribution in [-0.2, 0) is 19.1 Å². The first-order chi connectivity index (χ1) is 18.5. The third-order valence-electron chi connectivity index (χ3n) is 6.15. The Bertz CT molecular complexity index is 1490. The molecule has 0 aliphatic carbocycles. The molecule has 3 atom stereocenters. The maximum Gasteiger partial charge on any atom is 0.330 e. The van der Waals surface area contributed by atoms with Crippen molar-refractivity contribution in [1.29, 1.82) is 0 Å². The molecule has 0 saturated heterocycles. The van der Waals surface area contributed by atoms with Gasteiger partial charge in [-0.05, 0) is 53.1 Å². The topological polar surface area (TPSA) is 211 Å². The number of carbonyl (C=O) groups excluding carboxylic acids is 1. The van der Waals surface area contributed by atoms with Crippen LogP contribution < -0.4 is 4.74 Å². The quantitative estimate of drug-likeness (QED) is 0.125. The SMILES string of the molecule is O=C(C=Cc1ccc(O)c2c1C(C(=O)O)C(c1ccc(O)c(O)c1)O2)OCC(C(=O)O)c1ccc(O)c(O)c1. The summed E-state index contributed by atoms with van der Waals surface area (Å²) in [6.45, 7) is -0.607. The van der Waals surface area contributed by atoms with Crippen molar-refractivity contribution in [2.75, 3.05) is 6.61 Å². The Morgan fingerprint density at radius 1 is 0.846 bits per heavy atom. The normalized spacial score (nSPS) is 16.8. The van der Waals surface area contributed by atoms with Gasteiger partial charge in [-0.3, -0.25) is 9.59 Å². The van der Waals surface area contributed by atoms with E-state index in [9.17, 15) is 50.1 Å². The van der Waals surface area contributed by atoms with Crippen LogP contribution in [0.15, 0.2) is 54.6 Å². The van der Waals surface area contributed by atoms with Gasteiger partial charge in [0.25, 0.3) is 0 Å². The van der Waals surface area contributed by atoms with E-state index in [1.165, 1.54) is 30.3 Å². The van der Waals surface area contributed by atoms with Crippen molar-refractivity contribution < 1.29 is 59.6 Å². The zero-order valence-corrected chi connectivity index (χ0v) is 19.9. The molecule has 3 aromatic carbocycles. The highest BCUT2D eigenvalue weighted by Crippen LogP contribution is 2.52. The highest BCUT2D eigenvalue weighted by Gasteiger charge is 2.43. The molecule has 4 rings (SSSR count). The number of aliphatic carboxylic acids is 2. The van der Waals surface area contributed by atoms with Crippen molar-refractivity contribution in [2.45, 2.75) is 17.9 Å². The smallest absolute Gasteiger partial charge is 0.330 e. The van der Waals surface area contributed by atoms with Crippen LogP contribution in [0.4, 0.5) is 0 Å². The van der Waals surface area contributed by atoms with E-state index in [-0.39, 0.29) is 33.8 Å². The predicted molar refractivity (Wildman–Crippen MR) is 132 cm³/mol. The zero-order valence-electron chi connectivity index (χ0n) is 19.9.